The lowest BCUT2D eigenvalue weighted by atomic mass is 9.84. The normalized spacial score (nSPS) is 20.9. The van der Waals surface area contributed by atoms with E-state index in [1.807, 2.05) is 31.2 Å². The predicted octanol–water partition coefficient (Wildman–Crippen LogP) is 2.98. The highest BCUT2D eigenvalue weighted by Crippen LogP contribution is 2.37. The number of rotatable bonds is 3. The molecule has 2 fully saturated rings. The van der Waals surface area contributed by atoms with E-state index in [2.05, 4.69) is 9.97 Å². The Morgan fingerprint density at radius 1 is 1.29 bits per heavy atom. The number of hydrogen-bond acceptors (Lipinski definition) is 6. The van der Waals surface area contributed by atoms with Crippen LogP contribution in [0.15, 0.2) is 47.3 Å². The molecule has 0 bridgehead atoms. The quantitative estimate of drug-likeness (QED) is 0.696. The lowest BCUT2D eigenvalue weighted by Gasteiger charge is -2.52. The molecule has 7 heteroatoms. The number of carbonyl (C=O) groups excluding carboxylic acids is 1. The van der Waals surface area contributed by atoms with E-state index < -0.39 is 0 Å². The molecule has 1 spiro atoms. The fourth-order valence-corrected chi connectivity index (χ4v) is 4.14. The zero-order valence-electron chi connectivity index (χ0n) is 15.6. The molecule has 7 nitrogen and oxygen atoms in total. The van der Waals surface area contributed by atoms with Crippen LogP contribution in [0.3, 0.4) is 0 Å². The number of para-hydroxylation sites is 1. The number of carbonyl (C=O) groups is 1. The molecule has 1 amide bonds. The molecule has 2 aliphatic heterocycles. The van der Waals surface area contributed by atoms with Crippen LogP contribution in [0.25, 0.3) is 11.0 Å². The molecule has 2 aromatic heterocycles. The smallest absolute Gasteiger partial charge is 0.290 e. The Morgan fingerprint density at radius 3 is 2.93 bits per heavy atom. The fourth-order valence-electron chi connectivity index (χ4n) is 4.14. The van der Waals surface area contributed by atoms with Crippen molar-refractivity contribution in [3.8, 4) is 5.88 Å². The summed E-state index contributed by atoms with van der Waals surface area (Å²) in [5.74, 6) is 0.855. The molecular weight excluding hydrogens is 358 g/mol. The number of benzene rings is 1. The Bertz CT molecular complexity index is 1010. The summed E-state index contributed by atoms with van der Waals surface area (Å²) in [6.07, 6.45) is 6.39. The SMILES string of the molecule is Cc1c(C(=O)N2CC3(CC(Oc4cnccn4)CCO3)C2)oc2ccccc12. The summed E-state index contributed by atoms with van der Waals surface area (Å²) in [4.78, 5) is 22.9. The second-order valence-corrected chi connectivity index (χ2v) is 7.52. The van der Waals surface area contributed by atoms with Gasteiger partial charge in [0.05, 0.1) is 25.9 Å². The second kappa shape index (κ2) is 6.60. The molecule has 0 aliphatic carbocycles. The van der Waals surface area contributed by atoms with Gasteiger partial charge >= 0.3 is 0 Å². The van der Waals surface area contributed by atoms with E-state index in [4.69, 9.17) is 13.9 Å². The molecule has 1 atom stereocenters. The van der Waals surface area contributed by atoms with Crippen LogP contribution in [-0.4, -0.2) is 52.2 Å². The first-order chi connectivity index (χ1) is 13.6. The minimum absolute atomic E-state index is 0.00985. The molecule has 144 valence electrons. The van der Waals surface area contributed by atoms with Gasteiger partial charge in [-0.15, -0.1) is 0 Å². The van der Waals surface area contributed by atoms with Gasteiger partial charge in [-0.05, 0) is 13.0 Å². The van der Waals surface area contributed by atoms with Crippen LogP contribution in [0.4, 0.5) is 0 Å². The first-order valence-electron chi connectivity index (χ1n) is 9.48. The van der Waals surface area contributed by atoms with Crippen LogP contribution in [0, 0.1) is 6.92 Å². The van der Waals surface area contributed by atoms with Crippen LogP contribution >= 0.6 is 0 Å². The van der Waals surface area contributed by atoms with E-state index >= 15 is 0 Å². The number of hydrogen-bond donors (Lipinski definition) is 0. The van der Waals surface area contributed by atoms with E-state index in [1.54, 1.807) is 23.5 Å². The van der Waals surface area contributed by atoms with Crippen LogP contribution in [0.5, 0.6) is 5.88 Å². The molecule has 0 radical (unpaired) electrons. The van der Waals surface area contributed by atoms with Gasteiger partial charge in [-0.1, -0.05) is 18.2 Å². The number of furan rings is 1. The lowest BCUT2D eigenvalue weighted by Crippen LogP contribution is -2.67. The van der Waals surface area contributed by atoms with Crippen molar-refractivity contribution in [3.05, 3.63) is 54.2 Å². The van der Waals surface area contributed by atoms with Crippen molar-refractivity contribution in [3.63, 3.8) is 0 Å². The third-order valence-corrected chi connectivity index (χ3v) is 5.56. The zero-order chi connectivity index (χ0) is 19.1. The monoisotopic (exact) mass is 379 g/mol. The summed E-state index contributed by atoms with van der Waals surface area (Å²) in [6.45, 7) is 3.62. The van der Waals surface area contributed by atoms with E-state index in [0.717, 1.165) is 29.4 Å². The number of fused-ring (bicyclic) bond motifs is 1. The molecule has 2 aliphatic rings. The molecule has 4 heterocycles. The number of aryl methyl sites for hydroxylation is 1. The fraction of sp³-hybridized carbons (Fsp3) is 0.381. The molecule has 3 aromatic rings. The van der Waals surface area contributed by atoms with Gasteiger partial charge in [0, 0.05) is 36.2 Å². The van der Waals surface area contributed by atoms with Crippen molar-refractivity contribution in [2.24, 2.45) is 0 Å². The Balaban J connectivity index is 1.27. The summed E-state index contributed by atoms with van der Waals surface area (Å²) >= 11 is 0. The number of ether oxygens (including phenoxy) is 2. The maximum atomic E-state index is 12.9. The highest BCUT2D eigenvalue weighted by atomic mass is 16.5. The second-order valence-electron chi connectivity index (χ2n) is 7.52. The van der Waals surface area contributed by atoms with E-state index in [0.29, 0.717) is 31.3 Å². The maximum absolute atomic E-state index is 12.9. The minimum atomic E-state index is -0.347. The van der Waals surface area contributed by atoms with Gasteiger partial charge in [0.2, 0.25) is 5.88 Å². The Kier molecular flexibility index (Phi) is 4.05. The Hall–Kier alpha value is -2.93. The standard InChI is InChI=1S/C21H21N3O4/c1-14-16-4-2-3-5-17(16)28-19(14)20(25)24-12-21(13-24)10-15(6-9-26-21)27-18-11-22-7-8-23-18/h2-5,7-8,11,15H,6,9-10,12-13H2,1H3. The third kappa shape index (κ3) is 2.92. The Morgan fingerprint density at radius 2 is 2.14 bits per heavy atom. The van der Waals surface area contributed by atoms with E-state index in [9.17, 15) is 4.79 Å². The summed E-state index contributed by atoms with van der Waals surface area (Å²) in [5, 5.41) is 0.979. The first kappa shape index (κ1) is 17.2. The molecular formula is C21H21N3O4. The van der Waals surface area contributed by atoms with Crippen LogP contribution in [0.2, 0.25) is 0 Å². The topological polar surface area (TPSA) is 77.7 Å². The minimum Gasteiger partial charge on any atom is -0.473 e. The third-order valence-electron chi connectivity index (χ3n) is 5.56. The number of aromatic nitrogens is 2. The molecule has 5 rings (SSSR count). The van der Waals surface area contributed by atoms with Crippen molar-refractivity contribution >= 4 is 16.9 Å². The average molecular weight is 379 g/mol. The largest absolute Gasteiger partial charge is 0.473 e. The van der Waals surface area contributed by atoms with Crippen LogP contribution in [-0.2, 0) is 4.74 Å². The number of likely N-dealkylation sites (tertiary alicyclic amines) is 1. The molecule has 1 aromatic carbocycles. The molecule has 2 saturated heterocycles. The molecule has 1 unspecified atom stereocenters. The summed E-state index contributed by atoms with van der Waals surface area (Å²) in [5.41, 5.74) is 1.28. The maximum Gasteiger partial charge on any atom is 0.290 e. The predicted molar refractivity (Wildman–Crippen MR) is 101 cm³/mol. The van der Waals surface area contributed by atoms with Gasteiger partial charge in [-0.25, -0.2) is 4.98 Å². The van der Waals surface area contributed by atoms with Crippen molar-refractivity contribution in [1.29, 1.82) is 0 Å². The van der Waals surface area contributed by atoms with Crippen molar-refractivity contribution in [2.75, 3.05) is 19.7 Å². The van der Waals surface area contributed by atoms with Crippen molar-refractivity contribution in [1.82, 2.24) is 14.9 Å². The summed E-state index contributed by atoms with van der Waals surface area (Å²) < 4.78 is 17.8. The molecule has 28 heavy (non-hydrogen) atoms. The van der Waals surface area contributed by atoms with Crippen LogP contribution < -0.4 is 4.74 Å². The van der Waals surface area contributed by atoms with Crippen molar-refractivity contribution < 1.29 is 18.7 Å². The molecule has 0 saturated carbocycles. The van der Waals surface area contributed by atoms with Crippen molar-refractivity contribution in [2.45, 2.75) is 31.5 Å². The van der Waals surface area contributed by atoms with Gasteiger partial charge < -0.3 is 18.8 Å². The van der Waals surface area contributed by atoms with Gasteiger partial charge in [0.1, 0.15) is 17.3 Å². The Labute approximate surface area is 162 Å². The van der Waals surface area contributed by atoms with Gasteiger partial charge in [-0.2, -0.15) is 0 Å². The number of amides is 1. The van der Waals surface area contributed by atoms with Crippen LogP contribution in [0.1, 0.15) is 29.0 Å². The highest BCUT2D eigenvalue weighted by Gasteiger charge is 2.50. The van der Waals surface area contributed by atoms with E-state index in [1.165, 1.54) is 0 Å². The van der Waals surface area contributed by atoms with Gasteiger partial charge in [0.15, 0.2) is 5.76 Å². The number of nitrogens with zero attached hydrogens (tertiary/aromatic N) is 3. The lowest BCUT2D eigenvalue weighted by molar-refractivity contribution is -0.174. The summed E-state index contributed by atoms with van der Waals surface area (Å²) in [6, 6.07) is 7.71. The summed E-state index contributed by atoms with van der Waals surface area (Å²) in [7, 11) is 0. The molecule has 0 N–H and O–H groups in total. The highest BCUT2D eigenvalue weighted by molar-refractivity contribution is 5.99. The average Bonchev–Trinajstić information content (AvgIpc) is 3.03. The van der Waals surface area contributed by atoms with E-state index in [-0.39, 0.29) is 17.6 Å². The van der Waals surface area contributed by atoms with Gasteiger partial charge in [0.25, 0.3) is 5.91 Å². The first-order valence-corrected chi connectivity index (χ1v) is 9.48. The zero-order valence-corrected chi connectivity index (χ0v) is 15.6. The van der Waals surface area contributed by atoms with Gasteiger partial charge in [-0.3, -0.25) is 9.78 Å².